The Kier molecular flexibility index (Phi) is 4.38. The molecule has 1 aromatic carbocycles. The largest absolute Gasteiger partial charge is 0.330 e. The number of hydrogen-bond donors (Lipinski definition) is 1. The van der Waals surface area contributed by atoms with E-state index in [2.05, 4.69) is 54.8 Å². The van der Waals surface area contributed by atoms with E-state index in [1.54, 1.807) is 0 Å². The molecule has 0 aliphatic rings. The van der Waals surface area contributed by atoms with Crippen LogP contribution in [0, 0.1) is 13.8 Å². The standard InChI is InChI=1S/C16H23N3/c1-4-16-12(2)18-19(13(16)3)11-15-8-6-5-7-14(15)9-10-17/h5-8H,4,9-11,17H2,1-3H3. The van der Waals surface area contributed by atoms with Gasteiger partial charge in [-0.2, -0.15) is 5.10 Å². The van der Waals surface area contributed by atoms with Gasteiger partial charge in [0.05, 0.1) is 12.2 Å². The maximum atomic E-state index is 5.68. The summed E-state index contributed by atoms with van der Waals surface area (Å²) in [5.74, 6) is 0. The fraction of sp³-hybridized carbons (Fsp3) is 0.438. The van der Waals surface area contributed by atoms with Gasteiger partial charge in [-0.1, -0.05) is 31.2 Å². The highest BCUT2D eigenvalue weighted by Gasteiger charge is 2.11. The van der Waals surface area contributed by atoms with Crippen LogP contribution in [-0.2, 0) is 19.4 Å². The second kappa shape index (κ2) is 6.02. The van der Waals surface area contributed by atoms with Gasteiger partial charge in [0.1, 0.15) is 0 Å². The summed E-state index contributed by atoms with van der Waals surface area (Å²) in [7, 11) is 0. The zero-order valence-electron chi connectivity index (χ0n) is 12.1. The maximum absolute atomic E-state index is 5.68. The van der Waals surface area contributed by atoms with Gasteiger partial charge in [-0.25, -0.2) is 0 Å². The van der Waals surface area contributed by atoms with Gasteiger partial charge in [0.15, 0.2) is 0 Å². The topological polar surface area (TPSA) is 43.8 Å². The quantitative estimate of drug-likeness (QED) is 0.894. The summed E-state index contributed by atoms with van der Waals surface area (Å²) in [6.07, 6.45) is 1.97. The van der Waals surface area contributed by atoms with E-state index in [1.165, 1.54) is 22.4 Å². The van der Waals surface area contributed by atoms with E-state index < -0.39 is 0 Å². The Bertz CT molecular complexity index is 555. The summed E-state index contributed by atoms with van der Waals surface area (Å²) in [5, 5.41) is 4.66. The van der Waals surface area contributed by atoms with Gasteiger partial charge in [0.2, 0.25) is 0 Å². The number of rotatable bonds is 5. The fourth-order valence-corrected chi connectivity index (χ4v) is 2.67. The smallest absolute Gasteiger partial charge is 0.0665 e. The second-order valence-corrected chi connectivity index (χ2v) is 4.97. The minimum absolute atomic E-state index is 0.689. The van der Waals surface area contributed by atoms with Crippen molar-refractivity contribution in [2.24, 2.45) is 5.73 Å². The average molecular weight is 257 g/mol. The van der Waals surface area contributed by atoms with Crippen LogP contribution in [0.5, 0.6) is 0 Å². The molecule has 19 heavy (non-hydrogen) atoms. The summed E-state index contributed by atoms with van der Waals surface area (Å²) in [4.78, 5) is 0. The molecule has 0 atom stereocenters. The predicted molar refractivity (Wildman–Crippen MR) is 79.4 cm³/mol. The minimum Gasteiger partial charge on any atom is -0.330 e. The molecule has 0 bridgehead atoms. The lowest BCUT2D eigenvalue weighted by molar-refractivity contribution is 0.653. The minimum atomic E-state index is 0.689. The van der Waals surface area contributed by atoms with Gasteiger partial charge in [-0.3, -0.25) is 4.68 Å². The third-order valence-electron chi connectivity index (χ3n) is 3.74. The number of hydrogen-bond acceptors (Lipinski definition) is 2. The van der Waals surface area contributed by atoms with Gasteiger partial charge < -0.3 is 5.73 Å². The van der Waals surface area contributed by atoms with Crippen molar-refractivity contribution < 1.29 is 0 Å². The Morgan fingerprint density at radius 2 is 1.84 bits per heavy atom. The summed E-state index contributed by atoms with van der Waals surface area (Å²) < 4.78 is 2.11. The number of nitrogens with zero attached hydrogens (tertiary/aromatic N) is 2. The zero-order valence-corrected chi connectivity index (χ0v) is 12.1. The van der Waals surface area contributed by atoms with Gasteiger partial charge in [-0.05, 0) is 49.9 Å². The Hall–Kier alpha value is -1.61. The molecule has 0 radical (unpaired) electrons. The molecule has 0 amide bonds. The van der Waals surface area contributed by atoms with Gasteiger partial charge in [-0.15, -0.1) is 0 Å². The molecule has 0 aliphatic heterocycles. The summed E-state index contributed by atoms with van der Waals surface area (Å²) in [6.45, 7) is 7.96. The lowest BCUT2D eigenvalue weighted by Gasteiger charge is -2.10. The highest BCUT2D eigenvalue weighted by molar-refractivity contribution is 5.30. The van der Waals surface area contributed by atoms with E-state index >= 15 is 0 Å². The van der Waals surface area contributed by atoms with Crippen LogP contribution in [0.1, 0.15) is 35.0 Å². The van der Waals surface area contributed by atoms with Crippen molar-refractivity contribution in [1.29, 1.82) is 0 Å². The molecule has 0 saturated heterocycles. The van der Waals surface area contributed by atoms with Gasteiger partial charge >= 0.3 is 0 Å². The van der Waals surface area contributed by atoms with Gasteiger partial charge in [0.25, 0.3) is 0 Å². The van der Waals surface area contributed by atoms with Crippen LogP contribution < -0.4 is 5.73 Å². The summed E-state index contributed by atoms with van der Waals surface area (Å²) in [5.41, 5.74) is 12.1. The predicted octanol–water partition coefficient (Wildman–Crippen LogP) is 2.61. The summed E-state index contributed by atoms with van der Waals surface area (Å²) >= 11 is 0. The first-order valence-electron chi connectivity index (χ1n) is 6.97. The third kappa shape index (κ3) is 2.87. The lowest BCUT2D eigenvalue weighted by atomic mass is 10.0. The molecule has 0 fully saturated rings. The SMILES string of the molecule is CCc1c(C)nn(Cc2ccccc2CCN)c1C. The van der Waals surface area contributed by atoms with Crippen molar-refractivity contribution in [1.82, 2.24) is 9.78 Å². The van der Waals surface area contributed by atoms with Gasteiger partial charge in [0, 0.05) is 5.69 Å². The Balaban J connectivity index is 2.31. The first-order chi connectivity index (χ1) is 9.17. The maximum Gasteiger partial charge on any atom is 0.0665 e. The molecule has 2 aromatic rings. The van der Waals surface area contributed by atoms with E-state index in [-0.39, 0.29) is 0 Å². The van der Waals surface area contributed by atoms with E-state index in [4.69, 9.17) is 5.73 Å². The lowest BCUT2D eigenvalue weighted by Crippen LogP contribution is -2.10. The van der Waals surface area contributed by atoms with Crippen LogP contribution in [0.15, 0.2) is 24.3 Å². The van der Waals surface area contributed by atoms with Crippen molar-refractivity contribution in [3.05, 3.63) is 52.3 Å². The summed E-state index contributed by atoms with van der Waals surface area (Å²) in [6, 6.07) is 8.50. The molecule has 102 valence electrons. The molecule has 0 spiro atoms. The molecule has 0 saturated carbocycles. The van der Waals surface area contributed by atoms with E-state index in [9.17, 15) is 0 Å². The first kappa shape index (κ1) is 13.8. The average Bonchev–Trinajstić information content (AvgIpc) is 2.67. The Morgan fingerprint density at radius 1 is 1.16 bits per heavy atom. The van der Waals surface area contributed by atoms with Crippen LogP contribution >= 0.6 is 0 Å². The van der Waals surface area contributed by atoms with Crippen molar-refractivity contribution >= 4 is 0 Å². The molecule has 3 heteroatoms. The molecule has 1 heterocycles. The van der Waals surface area contributed by atoms with Crippen LogP contribution in [0.25, 0.3) is 0 Å². The van der Waals surface area contributed by atoms with E-state index in [0.29, 0.717) is 6.54 Å². The molecule has 1 aromatic heterocycles. The highest BCUT2D eigenvalue weighted by atomic mass is 15.3. The third-order valence-corrected chi connectivity index (χ3v) is 3.74. The van der Waals surface area contributed by atoms with Crippen molar-refractivity contribution in [2.45, 2.75) is 40.2 Å². The van der Waals surface area contributed by atoms with Crippen molar-refractivity contribution in [3.8, 4) is 0 Å². The normalized spacial score (nSPS) is 10.9. The van der Waals surface area contributed by atoms with Crippen LogP contribution in [0.4, 0.5) is 0 Å². The molecule has 3 nitrogen and oxygen atoms in total. The van der Waals surface area contributed by atoms with E-state index in [1.807, 2.05) is 0 Å². The van der Waals surface area contributed by atoms with E-state index in [0.717, 1.165) is 25.1 Å². The Morgan fingerprint density at radius 3 is 2.42 bits per heavy atom. The molecular weight excluding hydrogens is 234 g/mol. The fourth-order valence-electron chi connectivity index (χ4n) is 2.67. The first-order valence-corrected chi connectivity index (χ1v) is 6.97. The van der Waals surface area contributed by atoms with Crippen LogP contribution in [0.3, 0.4) is 0 Å². The van der Waals surface area contributed by atoms with Crippen molar-refractivity contribution in [2.75, 3.05) is 6.54 Å². The van der Waals surface area contributed by atoms with Crippen LogP contribution in [-0.4, -0.2) is 16.3 Å². The molecule has 2 N–H and O–H groups in total. The number of benzene rings is 1. The number of aryl methyl sites for hydroxylation is 1. The number of aromatic nitrogens is 2. The Labute approximate surface area is 115 Å². The second-order valence-electron chi connectivity index (χ2n) is 4.97. The molecule has 2 rings (SSSR count). The number of nitrogens with two attached hydrogens (primary N) is 1. The van der Waals surface area contributed by atoms with Crippen molar-refractivity contribution in [3.63, 3.8) is 0 Å². The zero-order chi connectivity index (χ0) is 13.8. The van der Waals surface area contributed by atoms with Crippen LogP contribution in [0.2, 0.25) is 0 Å². The highest BCUT2D eigenvalue weighted by Crippen LogP contribution is 2.17. The molecule has 0 aliphatic carbocycles. The monoisotopic (exact) mass is 257 g/mol. The molecular formula is C16H23N3. The molecule has 0 unspecified atom stereocenters.